The first-order valence-electron chi connectivity index (χ1n) is 10.1. The average Bonchev–Trinajstić information content (AvgIpc) is 3.12. The molecular weight excluding hydrogens is 416 g/mol. The molecule has 3 atom stereocenters. The molecule has 0 aromatic heterocycles. The summed E-state index contributed by atoms with van der Waals surface area (Å²) < 4.78 is 33.9. The van der Waals surface area contributed by atoms with E-state index in [0.717, 1.165) is 9.98 Å². The van der Waals surface area contributed by atoms with Gasteiger partial charge in [-0.2, -0.15) is 0 Å². The van der Waals surface area contributed by atoms with E-state index in [1.54, 1.807) is 42.5 Å². The first-order valence-corrected chi connectivity index (χ1v) is 11.5. The highest BCUT2D eigenvalue weighted by molar-refractivity contribution is 7.89. The van der Waals surface area contributed by atoms with Crippen molar-refractivity contribution in [1.29, 1.82) is 0 Å². The highest BCUT2D eigenvalue weighted by atomic mass is 32.2. The van der Waals surface area contributed by atoms with Crippen molar-refractivity contribution >= 4 is 21.9 Å². The first kappa shape index (κ1) is 21.3. The Morgan fingerprint density at radius 1 is 1.16 bits per heavy atom. The number of nitrogens with one attached hydrogen (secondary N) is 1. The molecule has 2 aliphatic rings. The molecule has 0 spiro atoms. The van der Waals surface area contributed by atoms with Crippen LogP contribution in [0.2, 0.25) is 0 Å². The van der Waals surface area contributed by atoms with E-state index < -0.39 is 33.5 Å². The monoisotopic (exact) mass is 440 g/mol. The van der Waals surface area contributed by atoms with Crippen LogP contribution in [-0.2, 0) is 19.6 Å². The summed E-state index contributed by atoms with van der Waals surface area (Å²) in [5.74, 6) is -1.29. The van der Waals surface area contributed by atoms with Gasteiger partial charge in [0.05, 0.1) is 10.5 Å². The van der Waals surface area contributed by atoms with Crippen LogP contribution in [0.3, 0.4) is 0 Å². The number of carbonyl (C=O) groups excluding carboxylic acids is 2. The topological polar surface area (TPSA) is 92.8 Å². The molecule has 2 aromatic carbocycles. The minimum absolute atomic E-state index is 0.0420. The van der Waals surface area contributed by atoms with Crippen LogP contribution in [0.15, 0.2) is 72.1 Å². The molecule has 0 radical (unpaired) electrons. The first-order chi connectivity index (χ1) is 14.8. The average molecular weight is 441 g/mol. The molecular formula is C23H24N2O5S. The fourth-order valence-electron chi connectivity index (χ4n) is 4.51. The maximum absolute atomic E-state index is 13.6. The predicted octanol–water partition coefficient (Wildman–Crippen LogP) is 2.98. The lowest BCUT2D eigenvalue weighted by Gasteiger charge is -2.47. The number of aryl methyl sites for hydroxylation is 1. The number of fused-ring (bicyclic) bond motifs is 1. The van der Waals surface area contributed by atoms with Crippen LogP contribution in [0.1, 0.15) is 35.2 Å². The number of rotatable bonds is 5. The van der Waals surface area contributed by atoms with E-state index in [2.05, 4.69) is 12.0 Å². The minimum Gasteiger partial charge on any atom is -0.456 e. The van der Waals surface area contributed by atoms with Gasteiger partial charge in [0.25, 0.3) is 10.0 Å². The van der Waals surface area contributed by atoms with Gasteiger partial charge in [-0.25, -0.2) is 13.2 Å². The third-order valence-corrected chi connectivity index (χ3v) is 7.86. The molecule has 162 valence electrons. The van der Waals surface area contributed by atoms with Crippen LogP contribution in [0, 0.1) is 12.8 Å². The predicted molar refractivity (Wildman–Crippen MR) is 114 cm³/mol. The SMILES string of the molecule is C=C[C@]12C(OC(=O)c3ccccc3)CC[C@H]1CC(=O)NN2S(=O)(=O)c1ccc(C)cc1. The van der Waals surface area contributed by atoms with E-state index in [9.17, 15) is 18.0 Å². The minimum atomic E-state index is -4.13. The van der Waals surface area contributed by atoms with Gasteiger partial charge < -0.3 is 4.74 Å². The molecule has 2 aromatic rings. The normalized spacial score (nSPS) is 26.0. The largest absolute Gasteiger partial charge is 0.456 e. The summed E-state index contributed by atoms with van der Waals surface area (Å²) >= 11 is 0. The lowest BCUT2D eigenvalue weighted by molar-refractivity contribution is -0.134. The van der Waals surface area contributed by atoms with Crippen LogP contribution in [-0.4, -0.2) is 36.4 Å². The number of amides is 1. The molecule has 1 heterocycles. The van der Waals surface area contributed by atoms with Gasteiger partial charge in [-0.1, -0.05) is 46.4 Å². The fraction of sp³-hybridized carbons (Fsp3) is 0.304. The second-order valence-corrected chi connectivity index (χ2v) is 9.73. The lowest BCUT2D eigenvalue weighted by atomic mass is 9.82. The number of benzene rings is 2. The lowest BCUT2D eigenvalue weighted by Crippen LogP contribution is -2.68. The van der Waals surface area contributed by atoms with Gasteiger partial charge in [-0.3, -0.25) is 10.2 Å². The van der Waals surface area contributed by atoms with Crippen molar-refractivity contribution in [2.45, 2.75) is 42.7 Å². The third-order valence-electron chi connectivity index (χ3n) is 6.10. The quantitative estimate of drug-likeness (QED) is 0.570. The summed E-state index contributed by atoms with van der Waals surface area (Å²) in [6.07, 6.45) is 1.80. The second-order valence-electron chi connectivity index (χ2n) is 7.95. The maximum atomic E-state index is 13.6. The molecule has 8 heteroatoms. The maximum Gasteiger partial charge on any atom is 0.338 e. The number of ether oxygens (including phenoxy) is 1. The molecule has 1 saturated carbocycles. The summed E-state index contributed by atoms with van der Waals surface area (Å²) in [4.78, 5) is 25.2. The van der Waals surface area contributed by atoms with Gasteiger partial charge in [0.2, 0.25) is 5.91 Å². The Labute approximate surface area is 181 Å². The molecule has 0 bridgehead atoms. The van der Waals surface area contributed by atoms with Crippen molar-refractivity contribution in [2.24, 2.45) is 5.92 Å². The van der Waals surface area contributed by atoms with E-state index in [1.807, 2.05) is 6.92 Å². The molecule has 4 rings (SSSR count). The number of hydrogen-bond acceptors (Lipinski definition) is 5. The van der Waals surface area contributed by atoms with Crippen LogP contribution >= 0.6 is 0 Å². The van der Waals surface area contributed by atoms with Gasteiger partial charge in [0.1, 0.15) is 11.6 Å². The van der Waals surface area contributed by atoms with Crippen molar-refractivity contribution in [2.75, 3.05) is 0 Å². The molecule has 1 amide bonds. The van der Waals surface area contributed by atoms with E-state index in [-0.39, 0.29) is 17.2 Å². The second kappa shape index (κ2) is 7.94. The Morgan fingerprint density at radius 2 is 1.84 bits per heavy atom. The molecule has 7 nitrogen and oxygen atoms in total. The molecule has 2 fully saturated rings. The number of carbonyl (C=O) groups is 2. The number of hydrazine groups is 1. The molecule has 1 aliphatic heterocycles. The summed E-state index contributed by atoms with van der Waals surface area (Å²) in [6.45, 7) is 5.75. The van der Waals surface area contributed by atoms with Crippen LogP contribution < -0.4 is 5.43 Å². The third kappa shape index (κ3) is 3.55. The Morgan fingerprint density at radius 3 is 2.48 bits per heavy atom. The smallest absolute Gasteiger partial charge is 0.338 e. The van der Waals surface area contributed by atoms with Crippen LogP contribution in [0.5, 0.6) is 0 Å². The molecule has 1 unspecified atom stereocenters. The van der Waals surface area contributed by atoms with Gasteiger partial charge in [0, 0.05) is 6.42 Å². The standard InChI is InChI=1S/C23H24N2O5S/c1-3-23-18(11-14-20(23)30-22(27)17-7-5-4-6-8-17)15-21(26)24-25(23)31(28,29)19-12-9-16(2)10-13-19/h3-10,12-13,18,20H,1,11,14-15H2,2H3,(H,24,26)/t18-,20?,23+/m0/s1. The Bertz CT molecular complexity index is 1110. The Kier molecular flexibility index (Phi) is 5.45. The zero-order valence-corrected chi connectivity index (χ0v) is 18.0. The number of nitrogens with zero attached hydrogens (tertiary/aromatic N) is 1. The zero-order valence-electron chi connectivity index (χ0n) is 17.2. The van der Waals surface area contributed by atoms with E-state index >= 15 is 0 Å². The van der Waals surface area contributed by atoms with Gasteiger partial charge in [-0.05, 0) is 49.9 Å². The fourth-order valence-corrected chi connectivity index (χ4v) is 6.18. The summed E-state index contributed by atoms with van der Waals surface area (Å²) in [5.41, 5.74) is 2.53. The van der Waals surface area contributed by atoms with Gasteiger partial charge in [-0.15, -0.1) is 6.58 Å². The number of esters is 1. The highest BCUT2D eigenvalue weighted by Gasteiger charge is 2.61. The molecule has 1 saturated heterocycles. The molecule has 31 heavy (non-hydrogen) atoms. The van der Waals surface area contributed by atoms with E-state index in [4.69, 9.17) is 4.74 Å². The summed E-state index contributed by atoms with van der Waals surface area (Å²) in [6, 6.07) is 14.9. The highest BCUT2D eigenvalue weighted by Crippen LogP contribution is 2.48. The van der Waals surface area contributed by atoms with Crippen molar-refractivity contribution in [3.8, 4) is 0 Å². The summed E-state index contributed by atoms with van der Waals surface area (Å²) in [5, 5.41) is 0. The van der Waals surface area contributed by atoms with Crippen molar-refractivity contribution in [1.82, 2.24) is 9.84 Å². The van der Waals surface area contributed by atoms with Crippen molar-refractivity contribution in [3.63, 3.8) is 0 Å². The van der Waals surface area contributed by atoms with E-state index in [1.165, 1.54) is 18.2 Å². The van der Waals surface area contributed by atoms with Crippen molar-refractivity contribution < 1.29 is 22.7 Å². The Hall–Kier alpha value is -2.97. The zero-order chi connectivity index (χ0) is 22.2. The number of hydrogen-bond donors (Lipinski definition) is 1. The van der Waals surface area contributed by atoms with Gasteiger partial charge >= 0.3 is 5.97 Å². The molecule has 1 aliphatic carbocycles. The summed E-state index contributed by atoms with van der Waals surface area (Å²) in [7, 11) is -4.13. The van der Waals surface area contributed by atoms with E-state index in [0.29, 0.717) is 18.4 Å². The van der Waals surface area contributed by atoms with Gasteiger partial charge in [0.15, 0.2) is 0 Å². The van der Waals surface area contributed by atoms with Crippen LogP contribution in [0.25, 0.3) is 0 Å². The Balaban J connectivity index is 1.75. The molecule has 1 N–H and O–H groups in total. The van der Waals surface area contributed by atoms with Crippen molar-refractivity contribution in [3.05, 3.63) is 78.4 Å². The number of sulfonamides is 1. The van der Waals surface area contributed by atoms with Crippen LogP contribution in [0.4, 0.5) is 0 Å².